The third-order valence-corrected chi connectivity index (χ3v) is 3.00. The van der Waals surface area contributed by atoms with Gasteiger partial charge in [0.25, 0.3) is 0 Å². The minimum absolute atomic E-state index is 0.0457. The number of rotatable bonds is 1. The van der Waals surface area contributed by atoms with Gasteiger partial charge >= 0.3 is 0 Å². The Morgan fingerprint density at radius 2 is 1.71 bits per heavy atom. The van der Waals surface area contributed by atoms with Gasteiger partial charge in [0.15, 0.2) is 0 Å². The number of hydrogen-bond donors (Lipinski definition) is 1. The molecule has 0 aromatic heterocycles. The summed E-state index contributed by atoms with van der Waals surface area (Å²) in [4.78, 5) is 0. The fourth-order valence-corrected chi connectivity index (χ4v) is 2.18. The molecule has 0 spiro atoms. The van der Waals surface area contributed by atoms with Crippen LogP contribution in [-0.2, 0) is 0 Å². The molecule has 2 heteroatoms. The molecular formula is C12H15FO. The van der Waals surface area contributed by atoms with Crippen molar-refractivity contribution in [3.8, 4) is 5.75 Å². The summed E-state index contributed by atoms with van der Waals surface area (Å²) in [5.41, 5.74) is 1.02. The number of halogens is 1. The van der Waals surface area contributed by atoms with Crippen LogP contribution in [-0.4, -0.2) is 11.3 Å². The van der Waals surface area contributed by atoms with E-state index in [9.17, 15) is 4.39 Å². The third-order valence-electron chi connectivity index (χ3n) is 3.00. The van der Waals surface area contributed by atoms with Gasteiger partial charge in [-0.05, 0) is 30.5 Å². The summed E-state index contributed by atoms with van der Waals surface area (Å²) in [5.74, 6) is 0.296. The van der Waals surface area contributed by atoms with Crippen LogP contribution in [0, 0.1) is 0 Å². The van der Waals surface area contributed by atoms with Gasteiger partial charge in [-0.25, -0.2) is 4.39 Å². The fraction of sp³-hybridized carbons (Fsp3) is 0.500. The summed E-state index contributed by atoms with van der Waals surface area (Å²) in [5, 5.41) is 9.13. The lowest BCUT2D eigenvalue weighted by molar-refractivity contribution is 0.216. The van der Waals surface area contributed by atoms with Gasteiger partial charge in [0.1, 0.15) is 11.9 Å². The zero-order valence-electron chi connectivity index (χ0n) is 8.12. The summed E-state index contributed by atoms with van der Waals surface area (Å²) in [6.45, 7) is 0. The lowest BCUT2D eigenvalue weighted by Crippen LogP contribution is -2.18. The third kappa shape index (κ3) is 1.89. The van der Waals surface area contributed by atoms with Crippen LogP contribution in [0.4, 0.5) is 4.39 Å². The maximum atomic E-state index is 13.6. The Kier molecular flexibility index (Phi) is 2.71. The zero-order valence-corrected chi connectivity index (χ0v) is 8.12. The maximum absolute atomic E-state index is 13.6. The second-order valence-corrected chi connectivity index (χ2v) is 4.00. The SMILES string of the molecule is Oc1ccc([C@H]2CCCC[C@@H]2F)cc1. The van der Waals surface area contributed by atoms with Crippen molar-refractivity contribution in [2.24, 2.45) is 0 Å². The molecule has 0 unspecified atom stereocenters. The first-order valence-electron chi connectivity index (χ1n) is 5.20. The quantitative estimate of drug-likeness (QED) is 0.726. The highest BCUT2D eigenvalue weighted by molar-refractivity contribution is 5.29. The van der Waals surface area contributed by atoms with E-state index in [4.69, 9.17) is 5.11 Å². The molecule has 1 saturated carbocycles. The number of benzene rings is 1. The van der Waals surface area contributed by atoms with Crippen LogP contribution in [0.25, 0.3) is 0 Å². The van der Waals surface area contributed by atoms with Gasteiger partial charge in [0.2, 0.25) is 0 Å². The van der Waals surface area contributed by atoms with E-state index in [0.29, 0.717) is 6.42 Å². The Morgan fingerprint density at radius 1 is 1.07 bits per heavy atom. The molecule has 0 aliphatic heterocycles. The van der Waals surface area contributed by atoms with Gasteiger partial charge in [-0.3, -0.25) is 0 Å². The van der Waals surface area contributed by atoms with E-state index in [1.807, 2.05) is 12.1 Å². The average Bonchev–Trinajstić information content (AvgIpc) is 2.20. The monoisotopic (exact) mass is 194 g/mol. The van der Waals surface area contributed by atoms with Gasteiger partial charge in [-0.1, -0.05) is 25.0 Å². The predicted octanol–water partition coefficient (Wildman–Crippen LogP) is 3.39. The molecule has 1 N–H and O–H groups in total. The highest BCUT2D eigenvalue weighted by atomic mass is 19.1. The molecule has 1 fully saturated rings. The molecule has 1 aromatic rings. The number of alkyl halides is 1. The van der Waals surface area contributed by atoms with E-state index < -0.39 is 6.17 Å². The lowest BCUT2D eigenvalue weighted by Gasteiger charge is -2.26. The molecular weight excluding hydrogens is 179 g/mol. The van der Waals surface area contributed by atoms with Crippen molar-refractivity contribution in [3.63, 3.8) is 0 Å². The van der Waals surface area contributed by atoms with Crippen molar-refractivity contribution in [1.82, 2.24) is 0 Å². The predicted molar refractivity (Wildman–Crippen MR) is 54.2 cm³/mol. The summed E-state index contributed by atoms with van der Waals surface area (Å²) >= 11 is 0. The average molecular weight is 194 g/mol. The van der Waals surface area contributed by atoms with Gasteiger partial charge < -0.3 is 5.11 Å². The Bertz CT molecular complexity index is 294. The Balaban J connectivity index is 2.16. The first-order chi connectivity index (χ1) is 6.77. The van der Waals surface area contributed by atoms with Crippen LogP contribution >= 0.6 is 0 Å². The molecule has 1 aliphatic carbocycles. The summed E-state index contributed by atoms with van der Waals surface area (Å²) in [7, 11) is 0. The standard InChI is InChI=1S/C12H15FO/c13-12-4-2-1-3-11(12)9-5-7-10(14)8-6-9/h5-8,11-12,14H,1-4H2/t11-,12+/m1/s1. The Hall–Kier alpha value is -1.05. The van der Waals surface area contributed by atoms with E-state index in [2.05, 4.69) is 0 Å². The van der Waals surface area contributed by atoms with Crippen molar-refractivity contribution in [2.75, 3.05) is 0 Å². The Morgan fingerprint density at radius 3 is 2.36 bits per heavy atom. The number of phenolic OH excluding ortho intramolecular Hbond substituents is 1. The molecule has 1 aliphatic rings. The number of hydrogen-bond acceptors (Lipinski definition) is 1. The fourth-order valence-electron chi connectivity index (χ4n) is 2.18. The van der Waals surface area contributed by atoms with E-state index in [-0.39, 0.29) is 11.7 Å². The van der Waals surface area contributed by atoms with Gasteiger partial charge in [0, 0.05) is 5.92 Å². The summed E-state index contributed by atoms with van der Waals surface area (Å²) in [6, 6.07) is 6.93. The molecule has 0 heterocycles. The number of aromatic hydroxyl groups is 1. The van der Waals surface area contributed by atoms with Crippen LogP contribution in [0.1, 0.15) is 37.2 Å². The lowest BCUT2D eigenvalue weighted by atomic mass is 9.82. The van der Waals surface area contributed by atoms with Crippen molar-refractivity contribution in [1.29, 1.82) is 0 Å². The van der Waals surface area contributed by atoms with Crippen LogP contribution in [0.5, 0.6) is 5.75 Å². The van der Waals surface area contributed by atoms with E-state index >= 15 is 0 Å². The smallest absolute Gasteiger partial charge is 0.115 e. The van der Waals surface area contributed by atoms with Crippen LogP contribution in [0.3, 0.4) is 0 Å². The Labute approximate surface area is 83.6 Å². The highest BCUT2D eigenvalue weighted by Crippen LogP contribution is 2.35. The summed E-state index contributed by atoms with van der Waals surface area (Å²) < 4.78 is 13.6. The van der Waals surface area contributed by atoms with E-state index in [0.717, 1.165) is 24.8 Å². The molecule has 2 atom stereocenters. The molecule has 14 heavy (non-hydrogen) atoms. The normalized spacial score (nSPS) is 27.5. The topological polar surface area (TPSA) is 20.2 Å². The van der Waals surface area contributed by atoms with Crippen molar-refractivity contribution in [3.05, 3.63) is 29.8 Å². The second-order valence-electron chi connectivity index (χ2n) is 4.00. The molecule has 0 saturated heterocycles. The first kappa shape index (κ1) is 9.50. The first-order valence-corrected chi connectivity index (χ1v) is 5.20. The van der Waals surface area contributed by atoms with Crippen molar-refractivity contribution >= 4 is 0 Å². The van der Waals surface area contributed by atoms with Gasteiger partial charge in [0.05, 0.1) is 0 Å². The van der Waals surface area contributed by atoms with Crippen molar-refractivity contribution < 1.29 is 9.50 Å². The van der Waals surface area contributed by atoms with Crippen LogP contribution in [0.2, 0.25) is 0 Å². The van der Waals surface area contributed by atoms with E-state index in [1.54, 1.807) is 12.1 Å². The molecule has 0 amide bonds. The van der Waals surface area contributed by atoms with Crippen molar-refractivity contribution in [2.45, 2.75) is 37.8 Å². The highest BCUT2D eigenvalue weighted by Gasteiger charge is 2.25. The molecule has 2 rings (SSSR count). The van der Waals surface area contributed by atoms with Crippen LogP contribution < -0.4 is 0 Å². The maximum Gasteiger partial charge on any atom is 0.115 e. The van der Waals surface area contributed by atoms with E-state index in [1.165, 1.54) is 0 Å². The number of phenols is 1. The van der Waals surface area contributed by atoms with Gasteiger partial charge in [-0.15, -0.1) is 0 Å². The molecule has 0 radical (unpaired) electrons. The largest absolute Gasteiger partial charge is 0.508 e. The molecule has 76 valence electrons. The minimum atomic E-state index is -0.701. The summed E-state index contributed by atoms with van der Waals surface area (Å²) in [6.07, 6.45) is 3.05. The minimum Gasteiger partial charge on any atom is -0.508 e. The molecule has 1 aromatic carbocycles. The molecule has 0 bridgehead atoms. The van der Waals surface area contributed by atoms with Crippen LogP contribution in [0.15, 0.2) is 24.3 Å². The molecule has 1 nitrogen and oxygen atoms in total. The second kappa shape index (κ2) is 3.99. The van der Waals surface area contributed by atoms with Gasteiger partial charge in [-0.2, -0.15) is 0 Å². The zero-order chi connectivity index (χ0) is 9.97.